The first-order valence-corrected chi connectivity index (χ1v) is 21.7. The van der Waals surface area contributed by atoms with Crippen LogP contribution < -0.4 is 5.73 Å². The Labute approximate surface area is 300 Å². The van der Waals surface area contributed by atoms with Crippen LogP contribution in [0.5, 0.6) is 0 Å². The molecule has 10 heteroatoms. The Balaban J connectivity index is 4.12. The van der Waals surface area contributed by atoms with Gasteiger partial charge in [0.2, 0.25) is 0 Å². The monoisotopic (exact) mass is 718 g/mol. The Morgan fingerprint density at radius 2 is 0.939 bits per heavy atom. The molecule has 290 valence electrons. The minimum Gasteiger partial charge on any atom is -0.463 e. The van der Waals surface area contributed by atoms with Crippen molar-refractivity contribution in [2.45, 2.75) is 200 Å². The predicted octanol–water partition coefficient (Wildman–Crippen LogP) is 11.1. The predicted molar refractivity (Wildman–Crippen MR) is 201 cm³/mol. The van der Waals surface area contributed by atoms with E-state index in [2.05, 4.69) is 26.0 Å². The summed E-state index contributed by atoms with van der Waals surface area (Å²) in [4.78, 5) is 34.7. The van der Waals surface area contributed by atoms with Gasteiger partial charge in [-0.2, -0.15) is 0 Å². The molecular weight excluding hydrogens is 641 g/mol. The van der Waals surface area contributed by atoms with Gasteiger partial charge in [-0.3, -0.25) is 18.6 Å². The molecule has 0 aliphatic heterocycles. The fraction of sp³-hybridized carbons (Fsp3) is 0.897. The number of rotatable bonds is 38. The molecule has 0 spiro atoms. The third-order valence-electron chi connectivity index (χ3n) is 8.64. The Morgan fingerprint density at radius 1 is 0.592 bits per heavy atom. The van der Waals surface area contributed by atoms with E-state index in [0.29, 0.717) is 6.42 Å². The summed E-state index contributed by atoms with van der Waals surface area (Å²) in [6.45, 7) is 3.74. The van der Waals surface area contributed by atoms with Crippen LogP contribution in [0.2, 0.25) is 0 Å². The normalized spacial score (nSPS) is 13.5. The molecule has 0 aliphatic carbocycles. The van der Waals surface area contributed by atoms with Crippen LogP contribution in [0.25, 0.3) is 0 Å². The van der Waals surface area contributed by atoms with Crippen molar-refractivity contribution in [1.82, 2.24) is 0 Å². The van der Waals surface area contributed by atoms with Crippen molar-refractivity contribution in [3.63, 3.8) is 0 Å². The second-order valence-corrected chi connectivity index (χ2v) is 14.9. The number of nitrogens with two attached hydrogens (primary N) is 1. The smallest absolute Gasteiger partial charge is 0.463 e. The zero-order valence-electron chi connectivity index (χ0n) is 31.7. The number of hydrogen-bond donors (Lipinski definition) is 2. The summed E-state index contributed by atoms with van der Waals surface area (Å²) >= 11 is 0. The van der Waals surface area contributed by atoms with Crippen LogP contribution in [0, 0.1) is 0 Å². The average molecular weight is 718 g/mol. The van der Waals surface area contributed by atoms with E-state index in [0.717, 1.165) is 51.4 Å². The summed E-state index contributed by atoms with van der Waals surface area (Å²) < 4.78 is 32.9. The molecule has 0 fully saturated rings. The molecule has 0 heterocycles. The third-order valence-corrected chi connectivity index (χ3v) is 9.72. The van der Waals surface area contributed by atoms with Crippen molar-refractivity contribution >= 4 is 19.8 Å². The Kier molecular flexibility index (Phi) is 35.6. The van der Waals surface area contributed by atoms with Gasteiger partial charge in [-0.05, 0) is 38.5 Å². The highest BCUT2D eigenvalue weighted by Gasteiger charge is 2.28. The van der Waals surface area contributed by atoms with Crippen LogP contribution in [0.3, 0.4) is 0 Å². The molecule has 0 saturated carbocycles. The lowest BCUT2D eigenvalue weighted by Gasteiger charge is -2.20. The van der Waals surface area contributed by atoms with Gasteiger partial charge in [0.1, 0.15) is 19.3 Å². The molecule has 9 nitrogen and oxygen atoms in total. The fourth-order valence-corrected chi connectivity index (χ4v) is 6.53. The maximum atomic E-state index is 12.3. The van der Waals surface area contributed by atoms with Crippen LogP contribution in [0.4, 0.5) is 0 Å². The van der Waals surface area contributed by atoms with Gasteiger partial charge in [-0.25, -0.2) is 4.57 Å². The summed E-state index contributed by atoms with van der Waals surface area (Å²) in [6, 6.07) is 0. The number of hydrogen-bond acceptors (Lipinski definition) is 8. The van der Waals surface area contributed by atoms with E-state index >= 15 is 0 Å². The maximum absolute atomic E-state index is 12.3. The highest BCUT2D eigenvalue weighted by atomic mass is 31.2. The van der Waals surface area contributed by atoms with Crippen LogP contribution in [-0.4, -0.2) is 49.3 Å². The molecule has 49 heavy (non-hydrogen) atoms. The van der Waals surface area contributed by atoms with Crippen molar-refractivity contribution in [1.29, 1.82) is 0 Å². The van der Waals surface area contributed by atoms with Gasteiger partial charge >= 0.3 is 19.8 Å². The molecule has 0 rings (SSSR count). The van der Waals surface area contributed by atoms with E-state index in [-0.39, 0.29) is 39.2 Å². The maximum Gasteiger partial charge on any atom is 0.472 e. The Hall–Kier alpha value is -1.25. The van der Waals surface area contributed by atoms with Gasteiger partial charge in [0.05, 0.1) is 6.61 Å². The second kappa shape index (κ2) is 36.5. The molecule has 0 bridgehead atoms. The summed E-state index contributed by atoms with van der Waals surface area (Å²) in [6.07, 6.45) is 35.1. The first-order chi connectivity index (χ1) is 23.8. The largest absolute Gasteiger partial charge is 0.472 e. The first kappa shape index (κ1) is 47.8. The molecule has 3 N–H and O–H groups in total. The summed E-state index contributed by atoms with van der Waals surface area (Å²) in [5.74, 6) is -0.827. The van der Waals surface area contributed by atoms with Crippen molar-refractivity contribution in [2.75, 3.05) is 26.4 Å². The number of phosphoric ester groups is 1. The quantitative estimate of drug-likeness (QED) is 0.0277. The zero-order chi connectivity index (χ0) is 36.1. The van der Waals surface area contributed by atoms with Gasteiger partial charge < -0.3 is 20.1 Å². The molecule has 0 radical (unpaired) electrons. The minimum absolute atomic E-state index is 0.0393. The van der Waals surface area contributed by atoms with Crippen molar-refractivity contribution < 1.29 is 37.6 Å². The molecule has 2 atom stereocenters. The van der Waals surface area contributed by atoms with E-state index in [9.17, 15) is 19.0 Å². The van der Waals surface area contributed by atoms with Gasteiger partial charge in [-0.1, -0.05) is 154 Å². The van der Waals surface area contributed by atoms with E-state index in [1.54, 1.807) is 0 Å². The number of allylic oxidation sites excluding steroid dienone is 2. The summed E-state index contributed by atoms with van der Waals surface area (Å²) in [5, 5.41) is 0. The van der Waals surface area contributed by atoms with Crippen LogP contribution in [0.15, 0.2) is 12.2 Å². The van der Waals surface area contributed by atoms with Gasteiger partial charge in [-0.15, -0.1) is 0 Å². The number of esters is 2. The highest BCUT2D eigenvalue weighted by Crippen LogP contribution is 2.44. The molecule has 0 aromatic rings. The lowest BCUT2D eigenvalue weighted by Crippen LogP contribution is -2.28. The van der Waals surface area contributed by atoms with Crippen molar-refractivity contribution in [3.8, 4) is 0 Å². The average Bonchev–Trinajstić information content (AvgIpc) is 3.08. The SMILES string of the molecule is CCCCCCCC/C=C/CCCCCCCC(=O)OCC(COC(=O)CCCCCCCCCCCCCCC)OP(=O)(O)OCCN. The fourth-order valence-electron chi connectivity index (χ4n) is 5.64. The van der Waals surface area contributed by atoms with Crippen molar-refractivity contribution in [2.24, 2.45) is 5.73 Å². The van der Waals surface area contributed by atoms with Gasteiger partial charge in [0, 0.05) is 19.4 Å². The molecule has 0 aromatic heterocycles. The van der Waals surface area contributed by atoms with E-state index in [1.165, 1.54) is 109 Å². The Morgan fingerprint density at radius 3 is 1.31 bits per heavy atom. The lowest BCUT2D eigenvalue weighted by atomic mass is 10.0. The number of carbonyl (C=O) groups is 2. The number of phosphoric acid groups is 1. The van der Waals surface area contributed by atoms with E-state index in [4.69, 9.17) is 24.3 Å². The third kappa shape index (κ3) is 36.3. The number of carbonyl (C=O) groups excluding carboxylic acids is 2. The molecule has 2 unspecified atom stereocenters. The minimum atomic E-state index is -4.46. The zero-order valence-corrected chi connectivity index (χ0v) is 32.6. The number of unbranched alkanes of at least 4 members (excludes halogenated alkanes) is 23. The van der Waals surface area contributed by atoms with Crippen molar-refractivity contribution in [3.05, 3.63) is 12.2 Å². The summed E-state index contributed by atoms with van der Waals surface area (Å²) in [7, 11) is -4.46. The molecule has 0 amide bonds. The van der Waals surface area contributed by atoms with E-state index in [1.807, 2.05) is 0 Å². The summed E-state index contributed by atoms with van der Waals surface area (Å²) in [5.41, 5.74) is 5.36. The molecule has 0 aromatic carbocycles. The lowest BCUT2D eigenvalue weighted by molar-refractivity contribution is -0.152. The topological polar surface area (TPSA) is 134 Å². The van der Waals surface area contributed by atoms with Gasteiger partial charge in [0.15, 0.2) is 0 Å². The van der Waals surface area contributed by atoms with Crippen LogP contribution in [-0.2, 0) is 32.7 Å². The molecule has 0 saturated heterocycles. The standard InChI is InChI=1S/C39H76NO8P/c1-3-5-7-9-11-13-15-17-18-20-22-24-26-28-30-32-39(42)46-36-37(48-49(43,44)47-34-33-40)35-45-38(41)31-29-27-25-23-21-19-16-14-12-10-8-6-4-2/h17-18,37H,3-16,19-36,40H2,1-2H3,(H,43,44)/b18-17+. The molecule has 0 aliphatic rings. The van der Waals surface area contributed by atoms with Crippen LogP contribution >= 0.6 is 7.82 Å². The Bertz CT molecular complexity index is 825. The highest BCUT2D eigenvalue weighted by molar-refractivity contribution is 7.47. The van der Waals surface area contributed by atoms with E-state index < -0.39 is 25.9 Å². The molecular formula is C39H76NO8P. The van der Waals surface area contributed by atoms with Crippen LogP contribution in [0.1, 0.15) is 194 Å². The van der Waals surface area contributed by atoms with Gasteiger partial charge in [0.25, 0.3) is 0 Å². The second-order valence-electron chi connectivity index (χ2n) is 13.5. The number of ether oxygens (including phenoxy) is 2. The first-order valence-electron chi connectivity index (χ1n) is 20.2.